The number of ketones is 1. The summed E-state index contributed by atoms with van der Waals surface area (Å²) in [7, 11) is 0. The monoisotopic (exact) mass is 427 g/mol. The van der Waals surface area contributed by atoms with E-state index in [0.717, 1.165) is 36.0 Å². The van der Waals surface area contributed by atoms with Crippen molar-refractivity contribution >= 4 is 11.5 Å². The van der Waals surface area contributed by atoms with Crippen molar-refractivity contribution in [2.45, 2.75) is 99.0 Å². The zero-order valence-corrected chi connectivity index (χ0v) is 20.6. The lowest BCUT2D eigenvalue weighted by molar-refractivity contribution is -0.137. The topological polar surface area (TPSA) is 60.9 Å². The van der Waals surface area contributed by atoms with Gasteiger partial charge in [0, 0.05) is 12.1 Å². The van der Waals surface area contributed by atoms with Gasteiger partial charge < -0.3 is 5.73 Å². The Morgan fingerprint density at radius 2 is 1.77 bits per heavy atom. The summed E-state index contributed by atoms with van der Waals surface area (Å²) >= 11 is 0. The van der Waals surface area contributed by atoms with Gasteiger partial charge in [-0.3, -0.25) is 9.48 Å². The van der Waals surface area contributed by atoms with Crippen LogP contribution in [0.2, 0.25) is 0 Å². The summed E-state index contributed by atoms with van der Waals surface area (Å²) in [6, 6.07) is 0. The van der Waals surface area contributed by atoms with Gasteiger partial charge in [-0.05, 0) is 91.8 Å². The van der Waals surface area contributed by atoms with Crippen molar-refractivity contribution in [1.29, 1.82) is 0 Å². The van der Waals surface area contributed by atoms with Gasteiger partial charge in [-0.25, -0.2) is 0 Å². The van der Waals surface area contributed by atoms with Crippen LogP contribution in [0.5, 0.6) is 0 Å². The third-order valence-electron chi connectivity index (χ3n) is 10.3. The zero-order chi connectivity index (χ0) is 22.4. The number of fused-ring (bicyclic) bond motifs is 5. The molecule has 0 bridgehead atoms. The van der Waals surface area contributed by atoms with E-state index in [4.69, 9.17) is 5.73 Å². The van der Waals surface area contributed by atoms with Crippen LogP contribution in [0.25, 0.3) is 0 Å². The molecule has 0 amide bonds. The Morgan fingerprint density at radius 3 is 2.48 bits per heavy atom. The first-order chi connectivity index (χ1) is 14.8. The molecule has 0 aromatic carbocycles. The Labute approximate surface area is 189 Å². The van der Waals surface area contributed by atoms with Gasteiger partial charge in [0.1, 0.15) is 0 Å². The summed E-state index contributed by atoms with van der Waals surface area (Å²) < 4.78 is 1.73. The maximum absolute atomic E-state index is 13.3. The molecule has 2 N–H and O–H groups in total. The Morgan fingerprint density at radius 1 is 1.06 bits per heavy atom. The number of carbonyl (C=O) groups excluding carboxylic acids is 1. The summed E-state index contributed by atoms with van der Waals surface area (Å²) in [6.07, 6.45) is 15.5. The minimum absolute atomic E-state index is 0.197. The molecule has 4 fully saturated rings. The number of hydrogen-bond acceptors (Lipinski definition) is 3. The zero-order valence-electron chi connectivity index (χ0n) is 20.6. The number of hydrogen-bond donors (Lipinski definition) is 1. The summed E-state index contributed by atoms with van der Waals surface area (Å²) in [4.78, 5) is 13.3. The van der Waals surface area contributed by atoms with Crippen LogP contribution in [0.3, 0.4) is 0 Å². The van der Waals surface area contributed by atoms with Crippen LogP contribution in [0, 0.1) is 46.3 Å². The highest BCUT2D eigenvalue weighted by Gasteiger charge is 2.60. The lowest BCUT2D eigenvalue weighted by atomic mass is 9.44. The van der Waals surface area contributed by atoms with Crippen molar-refractivity contribution in [1.82, 2.24) is 9.78 Å². The first-order valence-electron chi connectivity index (χ1n) is 13.1. The Bertz CT molecular complexity index is 787. The molecular weight excluding hydrogens is 382 g/mol. The van der Waals surface area contributed by atoms with E-state index in [9.17, 15) is 4.79 Å². The third kappa shape index (κ3) is 3.76. The van der Waals surface area contributed by atoms with E-state index >= 15 is 0 Å². The Kier molecular flexibility index (Phi) is 6.31. The van der Waals surface area contributed by atoms with Crippen LogP contribution in [-0.2, 0) is 11.3 Å². The van der Waals surface area contributed by atoms with Crippen LogP contribution < -0.4 is 5.73 Å². The van der Waals surface area contributed by atoms with E-state index in [1.54, 1.807) is 17.1 Å². The van der Waals surface area contributed by atoms with Crippen LogP contribution in [0.15, 0.2) is 12.4 Å². The molecule has 0 radical (unpaired) electrons. The molecule has 4 heteroatoms. The van der Waals surface area contributed by atoms with Crippen LogP contribution in [0.4, 0.5) is 5.69 Å². The standard InChI is InChI=1S/C25H39N3O.C2H6/c1-16-8-10-24(2)17(12-16)4-5-19-20-6-7-22(25(20,3)11-9-21(19)24)23(29)15-28-14-18(26)13-27-28;1-2/h13-14,16-17,19-22H,4-12,15,26H2,1-3H3;1-2H3. The predicted octanol–water partition coefficient (Wildman–Crippen LogP) is 6.36. The van der Waals surface area contributed by atoms with E-state index < -0.39 is 0 Å². The molecule has 1 aromatic heterocycles. The van der Waals surface area contributed by atoms with Gasteiger partial charge in [0.25, 0.3) is 0 Å². The van der Waals surface area contributed by atoms with E-state index in [1.807, 2.05) is 13.8 Å². The molecule has 31 heavy (non-hydrogen) atoms. The van der Waals surface area contributed by atoms with E-state index in [0.29, 0.717) is 23.4 Å². The van der Waals surface area contributed by atoms with E-state index in [-0.39, 0.29) is 11.3 Å². The van der Waals surface area contributed by atoms with Crippen molar-refractivity contribution in [2.75, 3.05) is 5.73 Å². The van der Waals surface area contributed by atoms with Gasteiger partial charge in [-0.1, -0.05) is 41.0 Å². The first kappa shape index (κ1) is 22.9. The highest BCUT2D eigenvalue weighted by Crippen LogP contribution is 2.67. The smallest absolute Gasteiger partial charge is 0.157 e. The quantitative estimate of drug-likeness (QED) is 0.611. The molecule has 8 atom stereocenters. The average Bonchev–Trinajstić information content (AvgIpc) is 3.32. The molecular formula is C27H45N3O. The molecule has 4 aliphatic carbocycles. The molecule has 8 unspecified atom stereocenters. The molecule has 1 aromatic rings. The van der Waals surface area contributed by atoms with Crippen molar-refractivity contribution in [3.8, 4) is 0 Å². The Balaban J connectivity index is 0.00000112. The minimum atomic E-state index is 0.197. The molecule has 0 saturated heterocycles. The van der Waals surface area contributed by atoms with Crippen molar-refractivity contribution in [3.05, 3.63) is 12.4 Å². The lowest BCUT2D eigenvalue weighted by Gasteiger charge is -2.61. The number of nitrogens with two attached hydrogens (primary N) is 1. The molecule has 5 rings (SSSR count). The van der Waals surface area contributed by atoms with Gasteiger partial charge in [0.15, 0.2) is 5.78 Å². The van der Waals surface area contributed by atoms with Gasteiger partial charge in [-0.2, -0.15) is 5.10 Å². The van der Waals surface area contributed by atoms with Gasteiger partial charge >= 0.3 is 0 Å². The highest BCUT2D eigenvalue weighted by molar-refractivity contribution is 5.82. The van der Waals surface area contributed by atoms with Crippen molar-refractivity contribution in [2.24, 2.45) is 46.3 Å². The molecule has 0 spiro atoms. The fraction of sp³-hybridized carbons (Fsp3) is 0.852. The number of carbonyl (C=O) groups is 1. The maximum atomic E-state index is 13.3. The lowest BCUT2D eigenvalue weighted by Crippen LogP contribution is -2.53. The molecule has 4 nitrogen and oxygen atoms in total. The third-order valence-corrected chi connectivity index (χ3v) is 10.3. The molecule has 0 aliphatic heterocycles. The fourth-order valence-corrected chi connectivity index (χ4v) is 8.74. The number of nitrogens with zero attached hydrogens (tertiary/aromatic N) is 2. The number of rotatable bonds is 3. The predicted molar refractivity (Wildman–Crippen MR) is 127 cm³/mol. The fourth-order valence-electron chi connectivity index (χ4n) is 8.74. The normalized spacial score (nSPS) is 43.8. The van der Waals surface area contributed by atoms with Crippen molar-refractivity contribution < 1.29 is 4.79 Å². The minimum Gasteiger partial charge on any atom is -0.396 e. The molecule has 1 heterocycles. The summed E-state index contributed by atoms with van der Waals surface area (Å²) in [5.41, 5.74) is 7.19. The summed E-state index contributed by atoms with van der Waals surface area (Å²) in [5, 5.41) is 4.25. The first-order valence-corrected chi connectivity index (χ1v) is 13.1. The van der Waals surface area contributed by atoms with Crippen LogP contribution in [-0.4, -0.2) is 15.6 Å². The SMILES string of the molecule is CC.CC1CCC2(C)C(CCC3C2CCC2(C)C(C(=O)Cn4cc(N)cn4)CCC32)C1. The van der Waals surface area contributed by atoms with Gasteiger partial charge in [-0.15, -0.1) is 0 Å². The summed E-state index contributed by atoms with van der Waals surface area (Å²) in [6.45, 7) is 11.9. The average molecular weight is 428 g/mol. The van der Waals surface area contributed by atoms with Crippen LogP contribution in [0.1, 0.15) is 92.4 Å². The highest BCUT2D eigenvalue weighted by atomic mass is 16.1. The van der Waals surface area contributed by atoms with E-state index in [1.165, 1.54) is 51.4 Å². The molecule has 4 aliphatic rings. The number of aromatic nitrogens is 2. The second kappa shape index (κ2) is 8.56. The van der Waals surface area contributed by atoms with Gasteiger partial charge in [0.2, 0.25) is 0 Å². The van der Waals surface area contributed by atoms with E-state index in [2.05, 4.69) is 25.9 Å². The van der Waals surface area contributed by atoms with Gasteiger partial charge in [0.05, 0.1) is 18.4 Å². The number of Topliss-reactive ketones (excluding diaryl/α,β-unsaturated/α-hetero) is 1. The molecule has 4 saturated carbocycles. The largest absolute Gasteiger partial charge is 0.396 e. The van der Waals surface area contributed by atoms with Crippen LogP contribution >= 0.6 is 0 Å². The summed E-state index contributed by atoms with van der Waals surface area (Å²) in [5.74, 6) is 4.94. The second-order valence-corrected chi connectivity index (χ2v) is 11.6. The maximum Gasteiger partial charge on any atom is 0.157 e. The second-order valence-electron chi connectivity index (χ2n) is 11.6. The number of anilines is 1. The number of nitrogen functional groups attached to an aromatic ring is 1. The Hall–Kier alpha value is -1.32. The molecule has 174 valence electrons. The van der Waals surface area contributed by atoms with Crippen molar-refractivity contribution in [3.63, 3.8) is 0 Å².